The van der Waals surface area contributed by atoms with Crippen LogP contribution in [0.4, 0.5) is 4.39 Å². The fourth-order valence-corrected chi connectivity index (χ4v) is 2.01. The van der Waals surface area contributed by atoms with E-state index in [9.17, 15) is 14.0 Å². The van der Waals surface area contributed by atoms with Crippen molar-refractivity contribution in [3.63, 3.8) is 0 Å². The van der Waals surface area contributed by atoms with Crippen LogP contribution in [0.1, 0.15) is 30.8 Å². The SMILES string of the molecule is CC(C)(CCNC(=O)c1cn(-c2cccc(Cl)c2F)nn1)C(=O)O. The first-order valence-electron chi connectivity index (χ1n) is 7.11. The van der Waals surface area contributed by atoms with Crippen LogP contribution in [-0.2, 0) is 4.79 Å². The van der Waals surface area contributed by atoms with Gasteiger partial charge in [-0.1, -0.05) is 22.9 Å². The fourth-order valence-electron chi connectivity index (χ4n) is 1.84. The Balaban J connectivity index is 2.04. The molecule has 7 nitrogen and oxygen atoms in total. The first-order chi connectivity index (χ1) is 11.2. The quantitative estimate of drug-likeness (QED) is 0.829. The van der Waals surface area contributed by atoms with E-state index in [1.807, 2.05) is 0 Å². The number of carbonyl (C=O) groups excluding carboxylic acids is 1. The first kappa shape index (κ1) is 17.9. The predicted octanol–water partition coefficient (Wildman–Crippen LogP) is 2.29. The topological polar surface area (TPSA) is 97.1 Å². The molecule has 24 heavy (non-hydrogen) atoms. The molecule has 0 aliphatic heterocycles. The lowest BCUT2D eigenvalue weighted by Gasteiger charge is -2.18. The molecule has 0 saturated heterocycles. The zero-order chi connectivity index (χ0) is 17.9. The number of halogens is 2. The second-order valence-electron chi connectivity index (χ2n) is 5.82. The molecule has 0 aliphatic carbocycles. The minimum atomic E-state index is -0.950. The minimum Gasteiger partial charge on any atom is -0.481 e. The maximum Gasteiger partial charge on any atom is 0.309 e. The highest BCUT2D eigenvalue weighted by atomic mass is 35.5. The van der Waals surface area contributed by atoms with Crippen LogP contribution in [0, 0.1) is 11.2 Å². The summed E-state index contributed by atoms with van der Waals surface area (Å²) >= 11 is 5.71. The molecule has 1 aromatic carbocycles. The van der Waals surface area contributed by atoms with Gasteiger partial charge in [-0.15, -0.1) is 5.10 Å². The molecule has 0 saturated carbocycles. The van der Waals surface area contributed by atoms with Crippen molar-refractivity contribution in [2.24, 2.45) is 5.41 Å². The highest BCUT2D eigenvalue weighted by Crippen LogP contribution is 2.21. The predicted molar refractivity (Wildman–Crippen MR) is 84.7 cm³/mol. The third-order valence-electron chi connectivity index (χ3n) is 3.52. The molecule has 0 radical (unpaired) electrons. The number of carboxylic acids is 1. The van der Waals surface area contributed by atoms with Gasteiger partial charge in [0.25, 0.3) is 5.91 Å². The molecule has 0 fully saturated rings. The second kappa shape index (κ2) is 6.96. The van der Waals surface area contributed by atoms with Crippen LogP contribution in [0.2, 0.25) is 5.02 Å². The molecule has 128 valence electrons. The number of nitrogens with one attached hydrogen (secondary N) is 1. The molecule has 9 heteroatoms. The number of aromatic nitrogens is 3. The van der Waals surface area contributed by atoms with Crippen LogP contribution in [-0.4, -0.2) is 38.5 Å². The Labute approximate surface area is 142 Å². The average molecular weight is 355 g/mol. The molecule has 2 rings (SSSR count). The Morgan fingerprint density at radius 3 is 2.79 bits per heavy atom. The summed E-state index contributed by atoms with van der Waals surface area (Å²) in [7, 11) is 0. The zero-order valence-corrected chi connectivity index (χ0v) is 13.8. The number of hydrogen-bond acceptors (Lipinski definition) is 4. The molecule has 0 bridgehead atoms. The summed E-state index contributed by atoms with van der Waals surface area (Å²) in [5, 5.41) is 18.9. The van der Waals surface area contributed by atoms with E-state index in [-0.39, 0.29) is 29.4 Å². The Morgan fingerprint density at radius 2 is 2.12 bits per heavy atom. The smallest absolute Gasteiger partial charge is 0.309 e. The number of carbonyl (C=O) groups is 2. The first-order valence-corrected chi connectivity index (χ1v) is 7.48. The molecule has 2 N–H and O–H groups in total. The van der Waals surface area contributed by atoms with Gasteiger partial charge < -0.3 is 10.4 Å². The van der Waals surface area contributed by atoms with E-state index in [4.69, 9.17) is 16.7 Å². The highest BCUT2D eigenvalue weighted by molar-refractivity contribution is 6.30. The van der Waals surface area contributed by atoms with Crippen LogP contribution in [0.3, 0.4) is 0 Å². The second-order valence-corrected chi connectivity index (χ2v) is 6.22. The Hall–Kier alpha value is -2.48. The van der Waals surface area contributed by atoms with Crippen LogP contribution >= 0.6 is 11.6 Å². The summed E-state index contributed by atoms with van der Waals surface area (Å²) in [6, 6.07) is 4.40. The normalized spacial score (nSPS) is 11.3. The molecule has 1 amide bonds. The van der Waals surface area contributed by atoms with Crippen LogP contribution in [0.25, 0.3) is 5.69 Å². The number of rotatable bonds is 6. The molecular weight excluding hydrogens is 339 g/mol. The molecule has 0 aliphatic rings. The van der Waals surface area contributed by atoms with E-state index < -0.39 is 23.1 Å². The average Bonchev–Trinajstić information content (AvgIpc) is 2.99. The lowest BCUT2D eigenvalue weighted by Crippen LogP contribution is -2.32. The van der Waals surface area contributed by atoms with Crippen molar-refractivity contribution in [2.45, 2.75) is 20.3 Å². The van der Waals surface area contributed by atoms with Gasteiger partial charge in [-0.2, -0.15) is 0 Å². The molecule has 1 aromatic heterocycles. The summed E-state index contributed by atoms with van der Waals surface area (Å²) in [5.74, 6) is -2.14. The fraction of sp³-hybridized carbons (Fsp3) is 0.333. The van der Waals surface area contributed by atoms with Crippen LogP contribution < -0.4 is 5.32 Å². The third kappa shape index (κ3) is 3.88. The number of nitrogens with zero attached hydrogens (tertiary/aromatic N) is 3. The molecule has 0 spiro atoms. The van der Waals surface area contributed by atoms with E-state index >= 15 is 0 Å². The van der Waals surface area contributed by atoms with Crippen molar-refractivity contribution in [3.05, 3.63) is 40.9 Å². The molecular formula is C15H16ClFN4O3. The molecule has 2 aromatic rings. The van der Waals surface area contributed by atoms with E-state index in [1.54, 1.807) is 19.9 Å². The van der Waals surface area contributed by atoms with E-state index in [1.165, 1.54) is 18.3 Å². The maximum absolute atomic E-state index is 13.9. The van der Waals surface area contributed by atoms with Crippen molar-refractivity contribution in [3.8, 4) is 5.69 Å². The molecule has 0 unspecified atom stereocenters. The third-order valence-corrected chi connectivity index (χ3v) is 3.81. The van der Waals surface area contributed by atoms with Gasteiger partial charge in [0.05, 0.1) is 16.6 Å². The van der Waals surface area contributed by atoms with Gasteiger partial charge in [0, 0.05) is 6.54 Å². The summed E-state index contributed by atoms with van der Waals surface area (Å²) in [6.45, 7) is 3.30. The van der Waals surface area contributed by atoms with Crippen molar-refractivity contribution in [1.29, 1.82) is 0 Å². The van der Waals surface area contributed by atoms with Gasteiger partial charge in [-0.25, -0.2) is 9.07 Å². The monoisotopic (exact) mass is 354 g/mol. The van der Waals surface area contributed by atoms with Crippen molar-refractivity contribution < 1.29 is 19.1 Å². The standard InChI is InChI=1S/C15H16ClFN4O3/c1-15(2,14(23)24)6-7-18-13(22)10-8-21(20-19-10)11-5-3-4-9(16)12(11)17/h3-5,8H,6-7H2,1-2H3,(H,18,22)(H,23,24). The number of hydrogen-bond donors (Lipinski definition) is 2. The Morgan fingerprint density at radius 1 is 1.42 bits per heavy atom. The Kier molecular flexibility index (Phi) is 5.18. The van der Waals surface area contributed by atoms with Gasteiger partial charge in [-0.05, 0) is 32.4 Å². The molecule has 0 atom stereocenters. The summed E-state index contributed by atoms with van der Waals surface area (Å²) in [6.07, 6.45) is 1.53. The van der Waals surface area contributed by atoms with Crippen LogP contribution in [0.15, 0.2) is 24.4 Å². The van der Waals surface area contributed by atoms with Gasteiger partial charge in [0.2, 0.25) is 0 Å². The van der Waals surface area contributed by atoms with Crippen molar-refractivity contribution in [1.82, 2.24) is 20.3 Å². The molecule has 1 heterocycles. The maximum atomic E-state index is 13.9. The minimum absolute atomic E-state index is 0.0116. The lowest BCUT2D eigenvalue weighted by molar-refractivity contribution is -0.147. The van der Waals surface area contributed by atoms with Gasteiger partial charge in [-0.3, -0.25) is 9.59 Å². The van der Waals surface area contributed by atoms with Crippen LogP contribution in [0.5, 0.6) is 0 Å². The largest absolute Gasteiger partial charge is 0.481 e. The van der Waals surface area contributed by atoms with Crippen molar-refractivity contribution >= 4 is 23.5 Å². The number of benzene rings is 1. The van der Waals surface area contributed by atoms with Crippen molar-refractivity contribution in [2.75, 3.05) is 6.54 Å². The number of aliphatic carboxylic acids is 1. The highest BCUT2D eigenvalue weighted by Gasteiger charge is 2.26. The van der Waals surface area contributed by atoms with E-state index in [2.05, 4.69) is 15.6 Å². The zero-order valence-electron chi connectivity index (χ0n) is 13.1. The summed E-state index contributed by atoms with van der Waals surface area (Å²) < 4.78 is 15.0. The van der Waals surface area contributed by atoms with E-state index in [0.29, 0.717) is 0 Å². The summed E-state index contributed by atoms with van der Waals surface area (Å²) in [4.78, 5) is 23.0. The van der Waals surface area contributed by atoms with Gasteiger partial charge >= 0.3 is 5.97 Å². The number of amides is 1. The van der Waals surface area contributed by atoms with Gasteiger partial charge in [0.15, 0.2) is 11.5 Å². The lowest BCUT2D eigenvalue weighted by atomic mass is 9.90. The summed E-state index contributed by atoms with van der Waals surface area (Å²) in [5.41, 5.74) is -0.891. The number of carboxylic acid groups (broad SMARTS) is 1. The Bertz CT molecular complexity index is 776. The van der Waals surface area contributed by atoms with Gasteiger partial charge in [0.1, 0.15) is 5.69 Å². The van der Waals surface area contributed by atoms with E-state index in [0.717, 1.165) is 4.68 Å².